The first-order valence-corrected chi connectivity index (χ1v) is 10.5. The van der Waals surface area contributed by atoms with Gasteiger partial charge in [0.05, 0.1) is 13.1 Å². The zero-order valence-electron chi connectivity index (χ0n) is 17.5. The van der Waals surface area contributed by atoms with Crippen molar-refractivity contribution in [2.75, 3.05) is 45.8 Å². The van der Waals surface area contributed by atoms with Gasteiger partial charge in [0.25, 0.3) is 0 Å². The highest BCUT2D eigenvalue weighted by Gasteiger charge is 2.45. The van der Waals surface area contributed by atoms with Crippen LogP contribution in [0.15, 0.2) is 0 Å². The maximum Gasteiger partial charge on any atom is 0.410 e. The molecule has 3 rings (SSSR count). The highest BCUT2D eigenvalue weighted by atomic mass is 16.6. The molecular weight excluding hydrogens is 360 g/mol. The van der Waals surface area contributed by atoms with Crippen LogP contribution in [0.25, 0.3) is 0 Å². The molecule has 0 radical (unpaired) electrons. The topological polar surface area (TPSA) is 82.2 Å². The van der Waals surface area contributed by atoms with Gasteiger partial charge in [0.1, 0.15) is 5.60 Å². The van der Waals surface area contributed by atoms with Gasteiger partial charge in [-0.3, -0.25) is 14.5 Å². The summed E-state index contributed by atoms with van der Waals surface area (Å²) in [6.07, 6.45) is 5.12. The third kappa shape index (κ3) is 4.96. The minimum atomic E-state index is -0.515. The molecule has 1 N–H and O–H groups in total. The number of hydrogen-bond acceptors (Lipinski definition) is 5. The van der Waals surface area contributed by atoms with E-state index in [1.807, 2.05) is 25.7 Å². The maximum atomic E-state index is 12.8. The fourth-order valence-electron chi connectivity index (χ4n) is 4.54. The lowest BCUT2D eigenvalue weighted by Crippen LogP contribution is -2.66. The van der Waals surface area contributed by atoms with Crippen LogP contribution in [0.2, 0.25) is 0 Å². The molecule has 3 aliphatic rings. The van der Waals surface area contributed by atoms with E-state index < -0.39 is 5.60 Å². The number of carbonyl (C=O) groups is 3. The Hall–Kier alpha value is -1.83. The number of ether oxygens (including phenoxy) is 1. The van der Waals surface area contributed by atoms with Crippen molar-refractivity contribution in [3.05, 3.63) is 0 Å². The molecule has 3 fully saturated rings. The second-order valence-electron chi connectivity index (χ2n) is 9.27. The number of nitrogens with zero attached hydrogens (tertiary/aromatic N) is 3. The van der Waals surface area contributed by atoms with E-state index >= 15 is 0 Å². The van der Waals surface area contributed by atoms with Crippen LogP contribution in [-0.4, -0.2) is 89.6 Å². The lowest BCUT2D eigenvalue weighted by Gasteiger charge is -2.52. The lowest BCUT2D eigenvalue weighted by atomic mass is 9.78. The van der Waals surface area contributed by atoms with Gasteiger partial charge in [0.15, 0.2) is 0 Å². The summed E-state index contributed by atoms with van der Waals surface area (Å²) in [5.74, 6) is -0.0905. The van der Waals surface area contributed by atoms with Crippen molar-refractivity contribution in [2.24, 2.45) is 0 Å². The Morgan fingerprint density at radius 1 is 1.07 bits per heavy atom. The van der Waals surface area contributed by atoms with Crippen LogP contribution in [0.3, 0.4) is 0 Å². The molecule has 8 nitrogen and oxygen atoms in total. The van der Waals surface area contributed by atoms with Gasteiger partial charge in [-0.1, -0.05) is 19.3 Å². The van der Waals surface area contributed by atoms with E-state index in [-0.39, 0.29) is 30.0 Å². The standard InChI is InChI=1S/C20H34N4O4/c1-19(2,3)28-18(27)23-11-12-24(20(15-23)7-5-4-6-8-20)14-17(26)22-10-9-21-16(25)13-22/h4-15H2,1-3H3,(H,21,25). The largest absolute Gasteiger partial charge is 0.444 e. The molecule has 3 amide bonds. The fraction of sp³-hybridized carbons (Fsp3) is 0.850. The number of nitrogens with one attached hydrogen (secondary N) is 1. The molecule has 1 aliphatic carbocycles. The molecule has 1 spiro atoms. The van der Waals surface area contributed by atoms with E-state index in [4.69, 9.17) is 4.74 Å². The molecule has 0 aromatic carbocycles. The molecule has 0 aromatic heterocycles. The summed E-state index contributed by atoms with van der Waals surface area (Å²) in [7, 11) is 0. The van der Waals surface area contributed by atoms with Crippen molar-refractivity contribution in [3.63, 3.8) is 0 Å². The molecule has 0 atom stereocenters. The summed E-state index contributed by atoms with van der Waals surface area (Å²) in [6, 6.07) is 0. The van der Waals surface area contributed by atoms with Gasteiger partial charge in [0.2, 0.25) is 11.8 Å². The molecule has 2 heterocycles. The molecule has 0 bridgehead atoms. The van der Waals surface area contributed by atoms with Gasteiger partial charge in [-0.25, -0.2) is 4.79 Å². The average Bonchev–Trinajstić information content (AvgIpc) is 2.62. The molecule has 0 unspecified atom stereocenters. The van der Waals surface area contributed by atoms with Crippen molar-refractivity contribution in [1.82, 2.24) is 20.0 Å². The number of carbonyl (C=O) groups excluding carboxylic acids is 3. The van der Waals surface area contributed by atoms with E-state index in [2.05, 4.69) is 10.2 Å². The van der Waals surface area contributed by atoms with Crippen LogP contribution in [0.5, 0.6) is 0 Å². The summed E-state index contributed by atoms with van der Waals surface area (Å²) in [5.41, 5.74) is -0.681. The Bertz CT molecular complexity index is 610. The Morgan fingerprint density at radius 3 is 2.43 bits per heavy atom. The molecular formula is C20H34N4O4. The van der Waals surface area contributed by atoms with Crippen molar-refractivity contribution in [1.29, 1.82) is 0 Å². The summed E-state index contributed by atoms with van der Waals surface area (Å²) >= 11 is 0. The molecule has 2 aliphatic heterocycles. The van der Waals surface area contributed by atoms with E-state index in [0.29, 0.717) is 39.3 Å². The normalized spacial score (nSPS) is 23.5. The zero-order chi connectivity index (χ0) is 20.4. The van der Waals surface area contributed by atoms with Gasteiger partial charge in [-0.15, -0.1) is 0 Å². The molecule has 1 saturated carbocycles. The Kier molecular flexibility index (Phi) is 6.17. The highest BCUT2D eigenvalue weighted by molar-refractivity contribution is 5.86. The first-order valence-electron chi connectivity index (χ1n) is 10.5. The zero-order valence-corrected chi connectivity index (χ0v) is 17.5. The van der Waals surface area contributed by atoms with E-state index in [1.54, 1.807) is 4.90 Å². The van der Waals surface area contributed by atoms with Gasteiger partial charge in [-0.05, 0) is 33.6 Å². The monoisotopic (exact) mass is 394 g/mol. The van der Waals surface area contributed by atoms with Gasteiger partial charge >= 0.3 is 6.09 Å². The second kappa shape index (κ2) is 8.27. The van der Waals surface area contributed by atoms with Crippen molar-refractivity contribution < 1.29 is 19.1 Å². The van der Waals surface area contributed by atoms with Crippen molar-refractivity contribution >= 4 is 17.9 Å². The van der Waals surface area contributed by atoms with Crippen molar-refractivity contribution in [3.8, 4) is 0 Å². The average molecular weight is 395 g/mol. The minimum Gasteiger partial charge on any atom is -0.444 e. The summed E-state index contributed by atoms with van der Waals surface area (Å²) in [6.45, 7) is 9.00. The smallest absolute Gasteiger partial charge is 0.410 e. The Labute approximate surface area is 167 Å². The third-order valence-corrected chi connectivity index (χ3v) is 5.95. The minimum absolute atomic E-state index is 0.00511. The number of rotatable bonds is 2. The third-order valence-electron chi connectivity index (χ3n) is 5.95. The fourth-order valence-corrected chi connectivity index (χ4v) is 4.54. The van der Waals surface area contributed by atoms with Crippen molar-refractivity contribution in [2.45, 2.75) is 64.0 Å². The van der Waals surface area contributed by atoms with Crippen LogP contribution < -0.4 is 5.32 Å². The van der Waals surface area contributed by atoms with E-state index in [0.717, 1.165) is 25.7 Å². The first-order chi connectivity index (χ1) is 13.2. The predicted octanol–water partition coefficient (Wildman–Crippen LogP) is 1.20. The number of hydrogen-bond donors (Lipinski definition) is 1. The molecule has 158 valence electrons. The molecule has 2 saturated heterocycles. The summed E-state index contributed by atoms with van der Waals surface area (Å²) < 4.78 is 5.58. The lowest BCUT2D eigenvalue weighted by molar-refractivity contribution is -0.142. The molecule has 0 aromatic rings. The molecule has 28 heavy (non-hydrogen) atoms. The van der Waals surface area contributed by atoms with E-state index in [1.165, 1.54) is 6.42 Å². The quantitative estimate of drug-likeness (QED) is 0.761. The van der Waals surface area contributed by atoms with Crippen LogP contribution in [0.1, 0.15) is 52.9 Å². The first kappa shape index (κ1) is 20.9. The molecule has 8 heteroatoms. The number of piperazine rings is 2. The SMILES string of the molecule is CC(C)(C)OC(=O)N1CCN(CC(=O)N2CCNC(=O)C2)C2(CCCCC2)C1. The maximum absolute atomic E-state index is 12.8. The van der Waals surface area contributed by atoms with Crippen LogP contribution in [-0.2, 0) is 14.3 Å². The Morgan fingerprint density at radius 2 is 1.79 bits per heavy atom. The summed E-state index contributed by atoms with van der Waals surface area (Å²) in [4.78, 5) is 42.8. The van der Waals surface area contributed by atoms with Gasteiger partial charge in [0, 0.05) is 38.3 Å². The van der Waals surface area contributed by atoms with Crippen LogP contribution in [0, 0.1) is 0 Å². The van der Waals surface area contributed by atoms with Crippen LogP contribution in [0.4, 0.5) is 4.79 Å². The van der Waals surface area contributed by atoms with Gasteiger partial charge in [-0.2, -0.15) is 0 Å². The highest BCUT2D eigenvalue weighted by Crippen LogP contribution is 2.37. The number of amides is 3. The second-order valence-corrected chi connectivity index (χ2v) is 9.27. The summed E-state index contributed by atoms with van der Waals surface area (Å²) in [5, 5.41) is 2.76. The predicted molar refractivity (Wildman–Crippen MR) is 105 cm³/mol. The van der Waals surface area contributed by atoms with E-state index in [9.17, 15) is 14.4 Å². The van der Waals surface area contributed by atoms with Crippen LogP contribution >= 0.6 is 0 Å². The van der Waals surface area contributed by atoms with Gasteiger partial charge < -0.3 is 19.9 Å². The Balaban J connectivity index is 1.68.